The molecule has 7 nitrogen and oxygen atoms in total. The predicted octanol–water partition coefficient (Wildman–Crippen LogP) is 4.21. The third-order valence-electron chi connectivity index (χ3n) is 3.73. The first kappa shape index (κ1) is 18.4. The lowest BCUT2D eigenvalue weighted by Gasteiger charge is -2.12. The Kier molecular flexibility index (Phi) is 5.40. The maximum absolute atomic E-state index is 12.1. The van der Waals surface area contributed by atoms with Crippen LogP contribution in [0.1, 0.15) is 26.5 Å². The average molecular weight is 366 g/mol. The molecule has 7 heteroatoms. The van der Waals surface area contributed by atoms with Crippen LogP contribution in [0.3, 0.4) is 0 Å². The molecule has 0 saturated heterocycles. The molecule has 0 aliphatic rings. The molecule has 0 atom stereocenters. The highest BCUT2D eigenvalue weighted by molar-refractivity contribution is 5.92. The van der Waals surface area contributed by atoms with Crippen molar-refractivity contribution in [3.05, 3.63) is 60.6 Å². The van der Waals surface area contributed by atoms with Crippen molar-refractivity contribution in [2.45, 2.75) is 26.2 Å². The summed E-state index contributed by atoms with van der Waals surface area (Å²) in [6.45, 7) is 6.19. The zero-order valence-electron chi connectivity index (χ0n) is 15.5. The van der Waals surface area contributed by atoms with Crippen molar-refractivity contribution in [1.82, 2.24) is 10.1 Å². The van der Waals surface area contributed by atoms with E-state index < -0.39 is 0 Å². The lowest BCUT2D eigenvalue weighted by Crippen LogP contribution is -2.21. The van der Waals surface area contributed by atoms with Gasteiger partial charge < -0.3 is 14.6 Å². The van der Waals surface area contributed by atoms with Gasteiger partial charge in [-0.3, -0.25) is 15.1 Å². The molecule has 0 aliphatic carbocycles. The molecule has 2 heterocycles. The Bertz CT molecular complexity index is 884. The lowest BCUT2D eigenvalue weighted by atomic mass is 9.92. The molecule has 0 unspecified atom stereocenters. The summed E-state index contributed by atoms with van der Waals surface area (Å²) < 4.78 is 10.9. The second kappa shape index (κ2) is 7.90. The van der Waals surface area contributed by atoms with Crippen molar-refractivity contribution >= 4 is 17.5 Å². The van der Waals surface area contributed by atoms with E-state index in [2.05, 4.69) is 20.8 Å². The van der Waals surface area contributed by atoms with Crippen molar-refractivity contribution in [3.8, 4) is 11.5 Å². The molecule has 0 spiro atoms. The van der Waals surface area contributed by atoms with Crippen LogP contribution in [0.4, 0.5) is 11.6 Å². The van der Waals surface area contributed by atoms with Crippen LogP contribution < -0.4 is 15.4 Å². The molecule has 140 valence electrons. The van der Waals surface area contributed by atoms with Gasteiger partial charge in [0.25, 0.3) is 0 Å². The number of ether oxygens (including phenoxy) is 1. The van der Waals surface area contributed by atoms with Crippen molar-refractivity contribution in [1.29, 1.82) is 0 Å². The average Bonchev–Trinajstić information content (AvgIpc) is 3.11. The second-order valence-electron chi connectivity index (χ2n) is 7.04. The maximum atomic E-state index is 12.1. The summed E-state index contributed by atoms with van der Waals surface area (Å²) in [5.41, 5.74) is 1.46. The SMILES string of the molecule is CC(C)(C)c1cc(NC(=O)CNc2ccc(Oc3ccncc3)cc2)on1. The van der Waals surface area contributed by atoms with Gasteiger partial charge in [-0.1, -0.05) is 25.9 Å². The Hall–Kier alpha value is -3.35. The largest absolute Gasteiger partial charge is 0.457 e. The number of carbonyl (C=O) groups is 1. The molecule has 1 amide bonds. The van der Waals surface area contributed by atoms with E-state index >= 15 is 0 Å². The summed E-state index contributed by atoms with van der Waals surface area (Å²) in [7, 11) is 0. The number of hydrogen-bond acceptors (Lipinski definition) is 6. The summed E-state index contributed by atoms with van der Waals surface area (Å²) in [5.74, 6) is 1.54. The maximum Gasteiger partial charge on any atom is 0.246 e. The zero-order valence-corrected chi connectivity index (χ0v) is 15.5. The van der Waals surface area contributed by atoms with Gasteiger partial charge in [-0.25, -0.2) is 0 Å². The third kappa shape index (κ3) is 5.31. The summed E-state index contributed by atoms with van der Waals surface area (Å²) in [6, 6.07) is 12.6. The number of anilines is 2. The van der Waals surface area contributed by atoms with Crippen LogP contribution in [0, 0.1) is 0 Å². The molecule has 0 bridgehead atoms. The lowest BCUT2D eigenvalue weighted by molar-refractivity contribution is -0.114. The second-order valence-corrected chi connectivity index (χ2v) is 7.04. The van der Waals surface area contributed by atoms with E-state index in [0.29, 0.717) is 17.4 Å². The number of pyridine rings is 1. The quantitative estimate of drug-likeness (QED) is 0.679. The monoisotopic (exact) mass is 366 g/mol. The number of nitrogens with one attached hydrogen (secondary N) is 2. The van der Waals surface area contributed by atoms with Crippen molar-refractivity contribution in [3.63, 3.8) is 0 Å². The Labute approximate surface area is 157 Å². The van der Waals surface area contributed by atoms with E-state index in [9.17, 15) is 4.79 Å². The van der Waals surface area contributed by atoms with Crippen molar-refractivity contribution < 1.29 is 14.1 Å². The van der Waals surface area contributed by atoms with Crippen molar-refractivity contribution in [2.75, 3.05) is 17.2 Å². The first-order valence-corrected chi connectivity index (χ1v) is 8.59. The molecule has 27 heavy (non-hydrogen) atoms. The summed E-state index contributed by atoms with van der Waals surface area (Å²) >= 11 is 0. The molecular formula is C20H22N4O3. The minimum atomic E-state index is -0.219. The van der Waals surface area contributed by atoms with Gasteiger partial charge in [0, 0.05) is 29.6 Å². The Morgan fingerprint density at radius 1 is 1.07 bits per heavy atom. The van der Waals surface area contributed by atoms with Crippen LogP contribution in [0.15, 0.2) is 59.4 Å². The third-order valence-corrected chi connectivity index (χ3v) is 3.73. The van der Waals surface area contributed by atoms with Crippen LogP contribution in [0.25, 0.3) is 0 Å². The van der Waals surface area contributed by atoms with Crippen LogP contribution in [-0.4, -0.2) is 22.6 Å². The highest BCUT2D eigenvalue weighted by Crippen LogP contribution is 2.24. The Morgan fingerprint density at radius 3 is 2.37 bits per heavy atom. The van der Waals surface area contributed by atoms with E-state index in [-0.39, 0.29) is 17.9 Å². The molecule has 2 aromatic heterocycles. The summed E-state index contributed by atoms with van der Waals surface area (Å²) in [6.07, 6.45) is 3.34. The highest BCUT2D eigenvalue weighted by atomic mass is 16.5. The van der Waals surface area contributed by atoms with Gasteiger partial charge in [-0.05, 0) is 36.4 Å². The van der Waals surface area contributed by atoms with E-state index in [1.165, 1.54) is 0 Å². The van der Waals surface area contributed by atoms with Gasteiger partial charge >= 0.3 is 0 Å². The molecule has 2 N–H and O–H groups in total. The Balaban J connectivity index is 1.49. The van der Waals surface area contributed by atoms with Gasteiger partial charge in [-0.2, -0.15) is 0 Å². The Morgan fingerprint density at radius 2 is 1.74 bits per heavy atom. The van der Waals surface area contributed by atoms with Gasteiger partial charge in [0.1, 0.15) is 11.5 Å². The number of benzene rings is 1. The fraction of sp³-hybridized carbons (Fsp3) is 0.250. The van der Waals surface area contributed by atoms with Crippen LogP contribution in [0.2, 0.25) is 0 Å². The smallest absolute Gasteiger partial charge is 0.246 e. The first-order chi connectivity index (χ1) is 12.9. The number of nitrogens with zero attached hydrogens (tertiary/aromatic N) is 2. The zero-order chi connectivity index (χ0) is 19.3. The molecule has 0 aliphatic heterocycles. The minimum Gasteiger partial charge on any atom is -0.457 e. The number of aromatic nitrogens is 2. The summed E-state index contributed by atoms with van der Waals surface area (Å²) in [4.78, 5) is 16.0. The van der Waals surface area contributed by atoms with Gasteiger partial charge in [0.05, 0.1) is 12.2 Å². The van der Waals surface area contributed by atoms with Crippen molar-refractivity contribution in [2.24, 2.45) is 0 Å². The van der Waals surface area contributed by atoms with Crippen LogP contribution in [-0.2, 0) is 10.2 Å². The van der Waals surface area contributed by atoms with E-state index in [1.54, 1.807) is 30.6 Å². The van der Waals surface area contributed by atoms with E-state index in [0.717, 1.165) is 11.4 Å². The number of amides is 1. The first-order valence-electron chi connectivity index (χ1n) is 8.59. The topological polar surface area (TPSA) is 89.3 Å². The molecule has 1 aromatic carbocycles. The van der Waals surface area contributed by atoms with Crippen LogP contribution >= 0.6 is 0 Å². The van der Waals surface area contributed by atoms with Gasteiger partial charge in [0.2, 0.25) is 11.8 Å². The molecule has 3 aromatic rings. The molecule has 0 fully saturated rings. The number of rotatable bonds is 6. The minimum absolute atomic E-state index is 0.107. The van der Waals surface area contributed by atoms with Crippen LogP contribution in [0.5, 0.6) is 11.5 Å². The molecule has 0 saturated carbocycles. The molecule has 3 rings (SSSR count). The molecular weight excluding hydrogens is 344 g/mol. The number of carbonyl (C=O) groups excluding carboxylic acids is 1. The highest BCUT2D eigenvalue weighted by Gasteiger charge is 2.19. The van der Waals surface area contributed by atoms with E-state index in [4.69, 9.17) is 9.26 Å². The molecule has 0 radical (unpaired) electrons. The fourth-order valence-electron chi connectivity index (χ4n) is 2.23. The van der Waals surface area contributed by atoms with Gasteiger partial charge in [0.15, 0.2) is 0 Å². The standard InChI is InChI=1S/C20H22N4O3/c1-20(2,3)17-12-19(27-24-17)23-18(25)13-22-14-4-6-15(7-5-14)26-16-8-10-21-11-9-16/h4-12,22H,13H2,1-3H3,(H,23,25). The fourth-order valence-corrected chi connectivity index (χ4v) is 2.23. The normalized spacial score (nSPS) is 11.1. The van der Waals surface area contributed by atoms with Gasteiger partial charge in [-0.15, -0.1) is 0 Å². The predicted molar refractivity (Wildman–Crippen MR) is 103 cm³/mol. The van der Waals surface area contributed by atoms with E-state index in [1.807, 2.05) is 45.0 Å². The summed E-state index contributed by atoms with van der Waals surface area (Å²) in [5, 5.41) is 9.72. The number of hydrogen-bond donors (Lipinski definition) is 2.